The van der Waals surface area contributed by atoms with E-state index in [1.807, 2.05) is 6.08 Å². The fraction of sp³-hybridized carbons (Fsp3) is 0.798. The average molecular weight is 1460 g/mol. The number of ether oxygens (including phenoxy) is 6. The first-order chi connectivity index (χ1) is 50.3. The number of rotatable bonds is 64. The first-order valence-corrected chi connectivity index (χ1v) is 41.0. The van der Waals surface area contributed by atoms with Crippen LogP contribution in [0.4, 0.5) is 0 Å². The third-order valence-corrected chi connectivity index (χ3v) is 19.9. The summed E-state index contributed by atoms with van der Waals surface area (Å²) >= 11 is 0. The van der Waals surface area contributed by atoms with Gasteiger partial charge >= 0.3 is 0 Å². The van der Waals surface area contributed by atoms with Gasteiger partial charge in [0.2, 0.25) is 5.91 Å². The highest BCUT2D eigenvalue weighted by Crippen LogP contribution is 2.33. The van der Waals surface area contributed by atoms with Crippen LogP contribution in [0.5, 0.6) is 0 Å². The van der Waals surface area contributed by atoms with Gasteiger partial charge in [-0.3, -0.25) is 4.79 Å². The maximum Gasteiger partial charge on any atom is 0.220 e. The standard InChI is InChI=1S/C84H147NO18/c1-3-5-7-9-11-13-15-17-19-21-23-25-27-29-31-33-35-37-39-41-43-45-47-49-51-53-55-57-59-61-68(89)67(85-72(90)62-60-58-56-54-52-50-48-46-44-42-40-38-36-34-32-30-28-26-24-22-20-18-16-14-12-10-8-6-4-2)66-98-82-78(96)75(93)80(70(64-87)100-82)103-84-79(97)76(94)81(71(65-88)101-84)102-83-77(95)74(92)73(91)69(63-86)99-83/h6,8,12,14,18,20,24,26,30,32,36,38,42,44,59,61,67-71,73-84,86-89,91-97H,3-5,7,9-11,13,15-17,19,21-23,25,27-29,31,33-35,37,39-41,43,45-58,60,62-66H2,1-2H3,(H,85,90)/b8-6-,14-12-,20-18-,26-24-,32-30-,38-36-,44-42-,61-59+. The number of unbranched alkanes of at least 4 members (excludes halogenated alkanes) is 34. The van der Waals surface area contributed by atoms with Gasteiger partial charge in [0.05, 0.1) is 38.6 Å². The minimum atomic E-state index is -1.98. The summed E-state index contributed by atoms with van der Waals surface area (Å²) in [6.45, 7) is 1.64. The summed E-state index contributed by atoms with van der Waals surface area (Å²) in [4.78, 5) is 13.5. The normalized spacial score (nSPS) is 26.6. The second-order valence-corrected chi connectivity index (χ2v) is 28.9. The van der Waals surface area contributed by atoms with Crippen LogP contribution in [-0.2, 0) is 33.2 Å². The molecule has 0 aliphatic carbocycles. The van der Waals surface area contributed by atoms with Crippen molar-refractivity contribution in [1.29, 1.82) is 0 Å². The number of carbonyl (C=O) groups is 1. The second kappa shape index (κ2) is 63.6. The first kappa shape index (κ1) is 93.9. The molecule has 0 aromatic carbocycles. The minimum Gasteiger partial charge on any atom is -0.394 e. The maximum atomic E-state index is 13.5. The molecule has 3 aliphatic rings. The molecule has 0 radical (unpaired) electrons. The Morgan fingerprint density at radius 1 is 0.359 bits per heavy atom. The van der Waals surface area contributed by atoms with Crippen LogP contribution in [0, 0.1) is 0 Å². The van der Waals surface area contributed by atoms with Crippen molar-refractivity contribution in [3.05, 3.63) is 97.2 Å². The van der Waals surface area contributed by atoms with Crippen molar-refractivity contribution in [2.75, 3.05) is 26.4 Å². The van der Waals surface area contributed by atoms with Crippen LogP contribution < -0.4 is 5.32 Å². The smallest absolute Gasteiger partial charge is 0.220 e. The van der Waals surface area contributed by atoms with E-state index in [1.54, 1.807) is 6.08 Å². The summed E-state index contributed by atoms with van der Waals surface area (Å²) in [6, 6.07) is -0.988. The van der Waals surface area contributed by atoms with Gasteiger partial charge in [-0.25, -0.2) is 0 Å². The van der Waals surface area contributed by atoms with Gasteiger partial charge in [0, 0.05) is 6.42 Å². The quantitative estimate of drug-likeness (QED) is 0.0199. The Labute approximate surface area is 622 Å². The highest BCUT2D eigenvalue weighted by Gasteiger charge is 2.54. The first-order valence-electron chi connectivity index (χ1n) is 41.0. The summed E-state index contributed by atoms with van der Waals surface area (Å²) < 4.78 is 34.5. The third-order valence-electron chi connectivity index (χ3n) is 19.9. The summed E-state index contributed by atoms with van der Waals surface area (Å²) in [6.07, 6.45) is 59.5. The summed E-state index contributed by atoms with van der Waals surface area (Å²) in [7, 11) is 0. The Hall–Kier alpha value is -3.29. The Morgan fingerprint density at radius 3 is 1.05 bits per heavy atom. The average Bonchev–Trinajstić information content (AvgIpc) is 0.781. The zero-order chi connectivity index (χ0) is 74.6. The van der Waals surface area contributed by atoms with Crippen molar-refractivity contribution < 1.29 is 89.4 Å². The zero-order valence-electron chi connectivity index (χ0n) is 63.8. The Morgan fingerprint density at radius 2 is 0.670 bits per heavy atom. The van der Waals surface area contributed by atoms with Gasteiger partial charge in [-0.1, -0.05) is 310 Å². The number of nitrogens with one attached hydrogen (secondary N) is 1. The number of hydrogen-bond donors (Lipinski definition) is 12. The molecule has 0 saturated carbocycles. The summed E-state index contributed by atoms with van der Waals surface area (Å²) in [5, 5.41) is 121. The van der Waals surface area contributed by atoms with Crippen LogP contribution in [0.2, 0.25) is 0 Å². The van der Waals surface area contributed by atoms with E-state index < -0.39 is 124 Å². The lowest BCUT2D eigenvalue weighted by Gasteiger charge is -2.48. The molecule has 17 atom stereocenters. The number of carbonyl (C=O) groups excluding carboxylic acids is 1. The number of hydrogen-bond acceptors (Lipinski definition) is 18. The Bertz CT molecular complexity index is 2240. The fourth-order valence-electron chi connectivity index (χ4n) is 13.4. The highest BCUT2D eigenvalue weighted by molar-refractivity contribution is 5.76. The molecule has 103 heavy (non-hydrogen) atoms. The van der Waals surface area contributed by atoms with Crippen molar-refractivity contribution >= 4 is 5.91 Å². The molecule has 3 fully saturated rings. The molecule has 17 unspecified atom stereocenters. The van der Waals surface area contributed by atoms with E-state index in [2.05, 4.69) is 104 Å². The van der Waals surface area contributed by atoms with Crippen LogP contribution in [0.25, 0.3) is 0 Å². The summed E-state index contributed by atoms with van der Waals surface area (Å²) in [5.41, 5.74) is 0. The van der Waals surface area contributed by atoms with Gasteiger partial charge in [0.1, 0.15) is 73.2 Å². The van der Waals surface area contributed by atoms with Gasteiger partial charge in [0.15, 0.2) is 18.9 Å². The van der Waals surface area contributed by atoms with Crippen LogP contribution in [-0.4, -0.2) is 193 Å². The Kier molecular flexibility index (Phi) is 58.0. The molecular formula is C84H147NO18. The molecule has 3 heterocycles. The van der Waals surface area contributed by atoms with E-state index in [9.17, 15) is 61.0 Å². The number of amides is 1. The molecule has 0 aromatic heterocycles. The molecule has 19 nitrogen and oxygen atoms in total. The van der Waals surface area contributed by atoms with E-state index in [0.29, 0.717) is 6.42 Å². The molecule has 3 aliphatic heterocycles. The molecule has 1 amide bonds. The van der Waals surface area contributed by atoms with E-state index in [-0.39, 0.29) is 18.9 Å². The van der Waals surface area contributed by atoms with Crippen LogP contribution in [0.3, 0.4) is 0 Å². The lowest BCUT2D eigenvalue weighted by molar-refractivity contribution is -0.379. The lowest BCUT2D eigenvalue weighted by Crippen LogP contribution is -2.66. The molecule has 0 bridgehead atoms. The van der Waals surface area contributed by atoms with Crippen molar-refractivity contribution in [1.82, 2.24) is 5.32 Å². The van der Waals surface area contributed by atoms with Gasteiger partial charge in [-0.2, -0.15) is 0 Å². The molecule has 3 rings (SSSR count). The van der Waals surface area contributed by atoms with Crippen molar-refractivity contribution in [2.45, 2.75) is 401 Å². The van der Waals surface area contributed by atoms with Crippen LogP contribution >= 0.6 is 0 Å². The predicted molar refractivity (Wildman–Crippen MR) is 411 cm³/mol. The zero-order valence-corrected chi connectivity index (χ0v) is 63.8. The van der Waals surface area contributed by atoms with Gasteiger partial charge in [0.25, 0.3) is 0 Å². The van der Waals surface area contributed by atoms with E-state index in [4.69, 9.17) is 28.4 Å². The van der Waals surface area contributed by atoms with Crippen LogP contribution in [0.1, 0.15) is 296 Å². The molecule has 0 spiro atoms. The van der Waals surface area contributed by atoms with Crippen LogP contribution in [0.15, 0.2) is 97.2 Å². The van der Waals surface area contributed by atoms with Gasteiger partial charge in [-0.05, 0) is 77.0 Å². The third kappa shape index (κ3) is 43.5. The molecular weight excluding hydrogens is 1310 g/mol. The number of allylic oxidation sites excluding steroid dienone is 15. The molecule has 596 valence electrons. The molecule has 0 aromatic rings. The molecule has 19 heteroatoms. The van der Waals surface area contributed by atoms with Gasteiger partial charge in [-0.15, -0.1) is 0 Å². The van der Waals surface area contributed by atoms with E-state index in [0.717, 1.165) is 116 Å². The number of aliphatic hydroxyl groups excluding tert-OH is 11. The van der Waals surface area contributed by atoms with E-state index >= 15 is 0 Å². The predicted octanol–water partition coefficient (Wildman–Crippen LogP) is 14.0. The topological polar surface area (TPSA) is 307 Å². The van der Waals surface area contributed by atoms with Crippen molar-refractivity contribution in [3.63, 3.8) is 0 Å². The number of aliphatic hydroxyl groups is 11. The lowest BCUT2D eigenvalue weighted by atomic mass is 9.96. The molecule has 3 saturated heterocycles. The monoisotopic (exact) mass is 1460 g/mol. The Balaban J connectivity index is 1.39. The fourth-order valence-corrected chi connectivity index (χ4v) is 13.4. The van der Waals surface area contributed by atoms with Gasteiger partial charge < -0.3 is 89.9 Å². The molecule has 12 N–H and O–H groups in total. The SMILES string of the molecule is CC/C=C\C/C=C\C/C=C\C/C=C\C/C=C\C/C=C\C/C=C\CCCCCCCCCC(=O)NC(COC1OC(CO)C(OC2OC(CO)C(OC3OC(CO)C(O)C(O)C3O)C(O)C2O)C(O)C1O)C(O)/C=C/CCCCCCCCCCCCCCCCCCCCCCCCCCCCC. The largest absolute Gasteiger partial charge is 0.394 e. The summed E-state index contributed by atoms with van der Waals surface area (Å²) in [5.74, 6) is -0.287. The maximum absolute atomic E-state index is 13.5. The van der Waals surface area contributed by atoms with Crippen molar-refractivity contribution in [3.8, 4) is 0 Å². The van der Waals surface area contributed by atoms with Crippen molar-refractivity contribution in [2.24, 2.45) is 0 Å². The minimum absolute atomic E-state index is 0.225. The second-order valence-electron chi connectivity index (χ2n) is 28.9. The highest BCUT2D eigenvalue weighted by atomic mass is 16.8. The van der Waals surface area contributed by atoms with E-state index in [1.165, 1.54) is 154 Å².